The first kappa shape index (κ1) is 12.5. The molecule has 1 heterocycles. The van der Waals surface area contributed by atoms with Crippen molar-refractivity contribution in [3.63, 3.8) is 0 Å². The number of hydrogen-bond acceptors (Lipinski definition) is 3. The summed E-state index contributed by atoms with van der Waals surface area (Å²) in [7, 11) is 0. The highest BCUT2D eigenvalue weighted by Crippen LogP contribution is 2.17. The van der Waals surface area contributed by atoms with Crippen molar-refractivity contribution in [3.05, 3.63) is 59.2 Å². The fourth-order valence-corrected chi connectivity index (χ4v) is 1.65. The smallest absolute Gasteiger partial charge is 0.126 e. The zero-order valence-electron chi connectivity index (χ0n) is 10.2. The van der Waals surface area contributed by atoms with Crippen LogP contribution in [0.15, 0.2) is 36.5 Å². The zero-order chi connectivity index (χ0) is 13.0. The van der Waals surface area contributed by atoms with E-state index < -0.39 is 0 Å². The summed E-state index contributed by atoms with van der Waals surface area (Å²) < 4.78 is 18.7. The lowest BCUT2D eigenvalue weighted by Crippen LogP contribution is -2.06. The van der Waals surface area contributed by atoms with Crippen LogP contribution in [0.2, 0.25) is 0 Å². The molecule has 3 nitrogen and oxygen atoms in total. The largest absolute Gasteiger partial charge is 0.489 e. The normalized spacial score (nSPS) is 10.4. The van der Waals surface area contributed by atoms with E-state index in [1.807, 2.05) is 12.1 Å². The molecule has 0 radical (unpaired) electrons. The quantitative estimate of drug-likeness (QED) is 0.902. The van der Waals surface area contributed by atoms with Crippen LogP contribution in [0.3, 0.4) is 0 Å². The second-order valence-electron chi connectivity index (χ2n) is 4.01. The van der Waals surface area contributed by atoms with Crippen LogP contribution in [-0.2, 0) is 13.2 Å². The summed E-state index contributed by atoms with van der Waals surface area (Å²) in [4.78, 5) is 4.18. The van der Waals surface area contributed by atoms with Crippen molar-refractivity contribution in [1.29, 1.82) is 0 Å². The van der Waals surface area contributed by atoms with Crippen LogP contribution in [-0.4, -0.2) is 4.98 Å². The van der Waals surface area contributed by atoms with Crippen LogP contribution in [0.5, 0.6) is 5.75 Å². The lowest BCUT2D eigenvalue weighted by Gasteiger charge is -2.09. The average molecular weight is 246 g/mol. The summed E-state index contributed by atoms with van der Waals surface area (Å²) in [6.07, 6.45) is 1.70. The number of benzene rings is 1. The maximum atomic E-state index is 13.1. The minimum absolute atomic E-state index is 0.230. The topological polar surface area (TPSA) is 48.1 Å². The van der Waals surface area contributed by atoms with Gasteiger partial charge in [-0.3, -0.25) is 4.98 Å². The van der Waals surface area contributed by atoms with E-state index in [4.69, 9.17) is 10.5 Å². The summed E-state index contributed by atoms with van der Waals surface area (Å²) in [5.41, 5.74) is 7.93. The van der Waals surface area contributed by atoms with Crippen molar-refractivity contribution in [2.75, 3.05) is 0 Å². The molecule has 0 unspecified atom stereocenters. The number of nitrogens with two attached hydrogens (primary N) is 1. The van der Waals surface area contributed by atoms with Crippen molar-refractivity contribution in [3.8, 4) is 5.75 Å². The second kappa shape index (κ2) is 5.60. The lowest BCUT2D eigenvalue weighted by atomic mass is 10.2. The number of aromatic nitrogens is 1. The van der Waals surface area contributed by atoms with Gasteiger partial charge >= 0.3 is 0 Å². The van der Waals surface area contributed by atoms with E-state index in [1.165, 1.54) is 6.07 Å². The Morgan fingerprint density at radius 3 is 2.89 bits per heavy atom. The van der Waals surface area contributed by atoms with Gasteiger partial charge < -0.3 is 10.5 Å². The first-order valence-corrected chi connectivity index (χ1v) is 5.72. The van der Waals surface area contributed by atoms with Gasteiger partial charge in [-0.1, -0.05) is 6.07 Å². The summed E-state index contributed by atoms with van der Waals surface area (Å²) in [6.45, 7) is 2.46. The monoisotopic (exact) mass is 246 g/mol. The molecular weight excluding hydrogens is 231 g/mol. The molecule has 2 aromatic rings. The highest BCUT2D eigenvalue weighted by atomic mass is 19.1. The number of rotatable bonds is 4. The van der Waals surface area contributed by atoms with Gasteiger partial charge in [-0.25, -0.2) is 4.39 Å². The minimum atomic E-state index is -0.230. The molecule has 0 aliphatic rings. The predicted octanol–water partition coefficient (Wildman–Crippen LogP) is 2.57. The summed E-state index contributed by atoms with van der Waals surface area (Å²) in [6, 6.07) is 8.45. The minimum Gasteiger partial charge on any atom is -0.489 e. The molecule has 0 bridgehead atoms. The van der Waals surface area contributed by atoms with Gasteiger partial charge in [0, 0.05) is 18.3 Å². The highest BCUT2D eigenvalue weighted by molar-refractivity contribution is 5.29. The van der Waals surface area contributed by atoms with Gasteiger partial charge in [0.15, 0.2) is 0 Å². The Morgan fingerprint density at radius 2 is 2.17 bits per heavy atom. The highest BCUT2D eigenvalue weighted by Gasteiger charge is 2.04. The lowest BCUT2D eigenvalue weighted by molar-refractivity contribution is 0.303. The van der Waals surface area contributed by atoms with Crippen molar-refractivity contribution in [2.24, 2.45) is 5.73 Å². The Labute approximate surface area is 105 Å². The van der Waals surface area contributed by atoms with E-state index in [1.54, 1.807) is 25.3 Å². The molecule has 1 aromatic carbocycles. The third-order valence-corrected chi connectivity index (χ3v) is 2.70. The Hall–Kier alpha value is -1.94. The molecule has 0 saturated heterocycles. The fraction of sp³-hybridized carbons (Fsp3) is 0.214. The van der Waals surface area contributed by atoms with Crippen molar-refractivity contribution < 1.29 is 9.13 Å². The van der Waals surface area contributed by atoms with Crippen molar-refractivity contribution in [2.45, 2.75) is 20.1 Å². The SMILES string of the molecule is Cc1cc(OCc2cccnc2CN)ccc1F. The van der Waals surface area contributed by atoms with E-state index in [0.29, 0.717) is 24.5 Å². The van der Waals surface area contributed by atoms with Gasteiger partial charge in [0.25, 0.3) is 0 Å². The molecule has 0 atom stereocenters. The Balaban J connectivity index is 2.09. The van der Waals surface area contributed by atoms with Gasteiger partial charge in [-0.05, 0) is 36.8 Å². The van der Waals surface area contributed by atoms with Crippen LogP contribution in [0.4, 0.5) is 4.39 Å². The number of halogens is 1. The van der Waals surface area contributed by atoms with Crippen LogP contribution in [0.1, 0.15) is 16.8 Å². The van der Waals surface area contributed by atoms with Gasteiger partial charge in [0.1, 0.15) is 18.2 Å². The molecule has 0 aliphatic heterocycles. The third-order valence-electron chi connectivity index (χ3n) is 2.70. The van der Waals surface area contributed by atoms with E-state index in [9.17, 15) is 4.39 Å². The number of hydrogen-bond donors (Lipinski definition) is 1. The number of aryl methyl sites for hydroxylation is 1. The number of pyridine rings is 1. The van der Waals surface area contributed by atoms with Gasteiger partial charge in [0.2, 0.25) is 0 Å². The van der Waals surface area contributed by atoms with E-state index >= 15 is 0 Å². The number of nitrogens with zero attached hydrogens (tertiary/aromatic N) is 1. The summed E-state index contributed by atoms with van der Waals surface area (Å²) in [5.74, 6) is 0.409. The van der Waals surface area contributed by atoms with Crippen molar-refractivity contribution in [1.82, 2.24) is 4.98 Å². The van der Waals surface area contributed by atoms with E-state index in [2.05, 4.69) is 4.98 Å². The van der Waals surface area contributed by atoms with Crippen LogP contribution in [0.25, 0.3) is 0 Å². The Kier molecular flexibility index (Phi) is 3.89. The molecule has 94 valence electrons. The molecule has 0 spiro atoms. The molecule has 4 heteroatoms. The molecule has 0 aliphatic carbocycles. The summed E-state index contributed by atoms with van der Waals surface area (Å²) in [5, 5.41) is 0. The molecule has 2 N–H and O–H groups in total. The Bertz CT molecular complexity index is 543. The van der Waals surface area contributed by atoms with Gasteiger partial charge in [-0.2, -0.15) is 0 Å². The molecule has 2 rings (SSSR count). The first-order valence-electron chi connectivity index (χ1n) is 5.72. The average Bonchev–Trinajstić information content (AvgIpc) is 2.40. The van der Waals surface area contributed by atoms with Crippen LogP contribution < -0.4 is 10.5 Å². The fourth-order valence-electron chi connectivity index (χ4n) is 1.65. The molecule has 1 aromatic heterocycles. The standard InChI is InChI=1S/C14H15FN2O/c1-10-7-12(4-5-13(10)15)18-9-11-3-2-6-17-14(11)8-16/h2-7H,8-9,16H2,1H3. The van der Waals surface area contributed by atoms with E-state index in [0.717, 1.165) is 11.3 Å². The van der Waals surface area contributed by atoms with E-state index in [-0.39, 0.29) is 5.82 Å². The summed E-state index contributed by atoms with van der Waals surface area (Å²) >= 11 is 0. The van der Waals surface area contributed by atoms with Crippen LogP contribution >= 0.6 is 0 Å². The molecule has 0 fully saturated rings. The number of ether oxygens (including phenoxy) is 1. The maximum Gasteiger partial charge on any atom is 0.126 e. The van der Waals surface area contributed by atoms with Gasteiger partial charge in [0.05, 0.1) is 5.69 Å². The molecular formula is C14H15FN2O. The predicted molar refractivity (Wildman–Crippen MR) is 67.6 cm³/mol. The Morgan fingerprint density at radius 1 is 1.33 bits per heavy atom. The first-order chi connectivity index (χ1) is 8.70. The molecule has 0 saturated carbocycles. The van der Waals surface area contributed by atoms with Crippen LogP contribution in [0, 0.1) is 12.7 Å². The second-order valence-corrected chi connectivity index (χ2v) is 4.01. The molecule has 0 amide bonds. The third kappa shape index (κ3) is 2.84. The van der Waals surface area contributed by atoms with Crippen molar-refractivity contribution >= 4 is 0 Å². The zero-order valence-corrected chi connectivity index (χ0v) is 10.2. The van der Waals surface area contributed by atoms with Gasteiger partial charge in [-0.15, -0.1) is 0 Å². The molecule has 18 heavy (non-hydrogen) atoms. The maximum absolute atomic E-state index is 13.1.